The summed E-state index contributed by atoms with van der Waals surface area (Å²) in [5, 5.41) is 2.73. The molecule has 1 amide bonds. The van der Waals surface area contributed by atoms with Crippen LogP contribution in [-0.2, 0) is 11.8 Å². The van der Waals surface area contributed by atoms with E-state index < -0.39 is 6.09 Å². The SMILES string of the molecule is CCOC(=O)Nc1nc2ccc(C)cc2n1-c1nc2ccccc2n1C. The van der Waals surface area contributed by atoms with Gasteiger partial charge in [-0.25, -0.2) is 19.3 Å². The second-order valence-electron chi connectivity index (χ2n) is 6.07. The van der Waals surface area contributed by atoms with E-state index in [1.807, 2.05) is 65.6 Å². The Labute approximate surface area is 150 Å². The minimum atomic E-state index is -0.542. The zero-order chi connectivity index (χ0) is 18.3. The van der Waals surface area contributed by atoms with Gasteiger partial charge in [0, 0.05) is 7.05 Å². The summed E-state index contributed by atoms with van der Waals surface area (Å²) in [5.74, 6) is 1.05. The zero-order valence-corrected chi connectivity index (χ0v) is 14.9. The molecule has 0 aliphatic rings. The van der Waals surface area contributed by atoms with Gasteiger partial charge in [-0.15, -0.1) is 0 Å². The van der Waals surface area contributed by atoms with E-state index in [1.165, 1.54) is 0 Å². The van der Waals surface area contributed by atoms with E-state index in [4.69, 9.17) is 9.72 Å². The highest BCUT2D eigenvalue weighted by Gasteiger charge is 2.19. The number of nitrogens with zero attached hydrogens (tertiary/aromatic N) is 4. The third-order valence-corrected chi connectivity index (χ3v) is 4.26. The summed E-state index contributed by atoms with van der Waals surface area (Å²) in [4.78, 5) is 21.3. The van der Waals surface area contributed by atoms with Crippen molar-refractivity contribution in [1.82, 2.24) is 19.1 Å². The minimum Gasteiger partial charge on any atom is -0.450 e. The van der Waals surface area contributed by atoms with E-state index in [-0.39, 0.29) is 6.61 Å². The Hall–Kier alpha value is -3.35. The van der Waals surface area contributed by atoms with Crippen molar-refractivity contribution < 1.29 is 9.53 Å². The fraction of sp³-hybridized carbons (Fsp3) is 0.211. The number of benzene rings is 2. The fourth-order valence-corrected chi connectivity index (χ4v) is 3.06. The third kappa shape index (κ3) is 2.57. The van der Waals surface area contributed by atoms with Crippen LogP contribution in [0.15, 0.2) is 42.5 Å². The van der Waals surface area contributed by atoms with Crippen LogP contribution < -0.4 is 5.32 Å². The summed E-state index contributed by atoms with van der Waals surface area (Å²) in [7, 11) is 1.94. The number of aromatic nitrogens is 4. The summed E-state index contributed by atoms with van der Waals surface area (Å²) in [6, 6.07) is 13.8. The number of ether oxygens (including phenoxy) is 1. The van der Waals surface area contributed by atoms with Crippen molar-refractivity contribution in [3.8, 4) is 5.95 Å². The number of anilines is 1. The molecular weight excluding hydrogens is 330 g/mol. The molecule has 0 radical (unpaired) electrons. The maximum Gasteiger partial charge on any atom is 0.413 e. The number of rotatable bonds is 3. The lowest BCUT2D eigenvalue weighted by Crippen LogP contribution is -2.17. The molecule has 0 aliphatic heterocycles. The largest absolute Gasteiger partial charge is 0.450 e. The monoisotopic (exact) mass is 349 g/mol. The fourth-order valence-electron chi connectivity index (χ4n) is 3.06. The van der Waals surface area contributed by atoms with E-state index in [0.29, 0.717) is 11.9 Å². The first kappa shape index (κ1) is 16.1. The first-order valence-electron chi connectivity index (χ1n) is 8.43. The molecule has 0 saturated heterocycles. The number of aryl methyl sites for hydroxylation is 2. The molecule has 132 valence electrons. The first-order chi connectivity index (χ1) is 12.6. The average Bonchev–Trinajstić information content (AvgIpc) is 3.12. The molecule has 0 aliphatic carbocycles. The normalized spacial score (nSPS) is 11.2. The van der Waals surface area contributed by atoms with Crippen LogP contribution in [0.1, 0.15) is 12.5 Å². The predicted molar refractivity (Wildman–Crippen MR) is 101 cm³/mol. The molecule has 1 N–H and O–H groups in total. The van der Waals surface area contributed by atoms with Crippen LogP contribution in [0.4, 0.5) is 10.7 Å². The summed E-state index contributed by atoms with van der Waals surface area (Å²) in [5.41, 5.74) is 4.62. The number of imidazole rings is 2. The minimum absolute atomic E-state index is 0.289. The highest BCUT2D eigenvalue weighted by atomic mass is 16.5. The number of hydrogen-bond donors (Lipinski definition) is 1. The second-order valence-corrected chi connectivity index (χ2v) is 6.07. The van der Waals surface area contributed by atoms with Crippen molar-refractivity contribution >= 4 is 34.1 Å². The quantitative estimate of drug-likeness (QED) is 0.611. The highest BCUT2D eigenvalue weighted by Crippen LogP contribution is 2.27. The van der Waals surface area contributed by atoms with E-state index in [2.05, 4.69) is 10.3 Å². The van der Waals surface area contributed by atoms with Crippen LogP contribution in [0.2, 0.25) is 0 Å². The first-order valence-corrected chi connectivity index (χ1v) is 8.43. The van der Waals surface area contributed by atoms with Gasteiger partial charge >= 0.3 is 6.09 Å². The van der Waals surface area contributed by atoms with E-state index in [9.17, 15) is 4.79 Å². The second kappa shape index (κ2) is 6.18. The summed E-state index contributed by atoms with van der Waals surface area (Å²) >= 11 is 0. The van der Waals surface area contributed by atoms with Crippen LogP contribution >= 0.6 is 0 Å². The van der Waals surface area contributed by atoms with Crippen LogP contribution in [0.25, 0.3) is 28.0 Å². The Balaban J connectivity index is 1.97. The van der Waals surface area contributed by atoms with Crippen molar-refractivity contribution in [3.05, 3.63) is 48.0 Å². The Bertz CT molecular complexity index is 1130. The number of para-hydroxylation sites is 2. The summed E-state index contributed by atoms with van der Waals surface area (Å²) < 4.78 is 8.84. The van der Waals surface area contributed by atoms with E-state index >= 15 is 0 Å². The molecule has 7 heteroatoms. The van der Waals surface area contributed by atoms with Gasteiger partial charge < -0.3 is 9.30 Å². The van der Waals surface area contributed by atoms with Crippen LogP contribution in [0.3, 0.4) is 0 Å². The van der Waals surface area contributed by atoms with E-state index in [1.54, 1.807) is 6.92 Å². The average molecular weight is 349 g/mol. The topological polar surface area (TPSA) is 74.0 Å². The molecule has 26 heavy (non-hydrogen) atoms. The van der Waals surface area contributed by atoms with Gasteiger partial charge in [-0.05, 0) is 43.7 Å². The smallest absolute Gasteiger partial charge is 0.413 e. The van der Waals surface area contributed by atoms with Crippen molar-refractivity contribution in [2.75, 3.05) is 11.9 Å². The van der Waals surface area contributed by atoms with Crippen LogP contribution in [0.5, 0.6) is 0 Å². The Morgan fingerprint density at radius 1 is 1.12 bits per heavy atom. The lowest BCUT2D eigenvalue weighted by molar-refractivity contribution is 0.167. The maximum atomic E-state index is 12.0. The number of carbonyl (C=O) groups excluding carboxylic acids is 1. The molecule has 0 saturated carbocycles. The number of carbonyl (C=O) groups is 1. The Morgan fingerprint density at radius 2 is 1.88 bits per heavy atom. The Kier molecular flexibility index (Phi) is 3.84. The van der Waals surface area contributed by atoms with Crippen molar-refractivity contribution in [1.29, 1.82) is 0 Å². The molecule has 0 unspecified atom stereocenters. The van der Waals surface area contributed by atoms with Crippen LogP contribution in [-0.4, -0.2) is 31.8 Å². The molecule has 0 bridgehead atoms. The molecule has 2 heterocycles. The summed E-state index contributed by atoms with van der Waals surface area (Å²) in [6.07, 6.45) is -0.542. The molecule has 0 atom stereocenters. The molecule has 0 fully saturated rings. The molecule has 0 spiro atoms. The van der Waals surface area contributed by atoms with Gasteiger partial charge in [0.2, 0.25) is 11.9 Å². The number of hydrogen-bond acceptors (Lipinski definition) is 4. The van der Waals surface area contributed by atoms with Gasteiger partial charge in [0.1, 0.15) is 0 Å². The molecule has 2 aromatic heterocycles. The van der Waals surface area contributed by atoms with Crippen molar-refractivity contribution in [2.24, 2.45) is 7.05 Å². The molecule has 4 aromatic rings. The number of fused-ring (bicyclic) bond motifs is 2. The number of nitrogens with one attached hydrogen (secondary N) is 1. The lowest BCUT2D eigenvalue weighted by Gasteiger charge is -2.10. The standard InChI is InChI=1S/C19H19N5O2/c1-4-26-19(25)22-17-20-14-10-9-12(2)11-16(14)24(17)18-21-13-7-5-6-8-15(13)23(18)3/h5-11H,4H2,1-3H3,(H,20,22,25). The maximum absolute atomic E-state index is 12.0. The highest BCUT2D eigenvalue weighted by molar-refractivity contribution is 5.89. The zero-order valence-electron chi connectivity index (χ0n) is 14.9. The van der Waals surface area contributed by atoms with Crippen molar-refractivity contribution in [2.45, 2.75) is 13.8 Å². The molecule has 4 rings (SSSR count). The molecule has 2 aromatic carbocycles. The third-order valence-electron chi connectivity index (χ3n) is 4.26. The van der Waals surface area contributed by atoms with E-state index in [0.717, 1.165) is 27.6 Å². The van der Waals surface area contributed by atoms with Gasteiger partial charge in [0.25, 0.3) is 0 Å². The molecule has 7 nitrogen and oxygen atoms in total. The Morgan fingerprint density at radius 3 is 2.65 bits per heavy atom. The number of amides is 1. The lowest BCUT2D eigenvalue weighted by atomic mass is 10.2. The predicted octanol–water partition coefficient (Wildman–Crippen LogP) is 3.79. The van der Waals surface area contributed by atoms with Crippen LogP contribution in [0, 0.1) is 6.92 Å². The van der Waals surface area contributed by atoms with Gasteiger partial charge in [-0.3, -0.25) is 5.32 Å². The van der Waals surface area contributed by atoms with Crippen molar-refractivity contribution in [3.63, 3.8) is 0 Å². The molecular formula is C19H19N5O2. The van der Waals surface area contributed by atoms with Gasteiger partial charge in [-0.2, -0.15) is 0 Å². The van der Waals surface area contributed by atoms with Gasteiger partial charge in [0.05, 0.1) is 28.7 Å². The van der Waals surface area contributed by atoms with Gasteiger partial charge in [-0.1, -0.05) is 18.2 Å². The summed E-state index contributed by atoms with van der Waals surface area (Å²) in [6.45, 7) is 4.07. The van der Waals surface area contributed by atoms with Gasteiger partial charge in [0.15, 0.2) is 0 Å².